The smallest absolute Gasteiger partial charge is 0.138 e. The molecule has 1 aromatic heterocycles. The molecular formula is C9H11NO. The molecule has 0 N–H and O–H groups in total. The van der Waals surface area contributed by atoms with E-state index in [-0.39, 0.29) is 5.41 Å². The highest BCUT2D eigenvalue weighted by molar-refractivity contribution is 5.31. The molecule has 0 unspecified atom stereocenters. The zero-order valence-corrected chi connectivity index (χ0v) is 7.01. The first-order chi connectivity index (χ1) is 5.08. The van der Waals surface area contributed by atoms with E-state index in [9.17, 15) is 0 Å². The Morgan fingerprint density at radius 2 is 2.27 bits per heavy atom. The number of hydrogen-bond donors (Lipinski definition) is 0. The Morgan fingerprint density at radius 1 is 1.64 bits per heavy atom. The molecule has 0 aromatic carbocycles. The van der Waals surface area contributed by atoms with Gasteiger partial charge in [0.15, 0.2) is 0 Å². The van der Waals surface area contributed by atoms with Gasteiger partial charge in [-0.3, -0.25) is 0 Å². The molecule has 0 aliphatic carbocycles. The van der Waals surface area contributed by atoms with Crippen LogP contribution in [0.15, 0.2) is 10.7 Å². The summed E-state index contributed by atoms with van der Waals surface area (Å²) in [6.45, 7) is 5.79. The van der Waals surface area contributed by atoms with Gasteiger partial charge in [0.05, 0.1) is 11.6 Å². The quantitative estimate of drug-likeness (QED) is 0.570. The highest BCUT2D eigenvalue weighted by atomic mass is 16.5. The Labute approximate surface area is 66.6 Å². The van der Waals surface area contributed by atoms with Crippen LogP contribution in [-0.4, -0.2) is 5.16 Å². The van der Waals surface area contributed by atoms with Crippen LogP contribution in [0.1, 0.15) is 25.2 Å². The van der Waals surface area contributed by atoms with Crippen molar-refractivity contribution < 1.29 is 4.52 Å². The minimum atomic E-state index is -0.274. The minimum Gasteiger partial charge on any atom is -0.361 e. The van der Waals surface area contributed by atoms with Crippen molar-refractivity contribution in [3.05, 3.63) is 17.5 Å². The van der Waals surface area contributed by atoms with Crippen molar-refractivity contribution in [1.82, 2.24) is 5.16 Å². The molecule has 2 nitrogen and oxygen atoms in total. The molecule has 0 spiro atoms. The molecule has 0 bridgehead atoms. The number of aromatic nitrogens is 1. The molecule has 58 valence electrons. The average molecular weight is 149 g/mol. The molecule has 0 amide bonds. The van der Waals surface area contributed by atoms with Gasteiger partial charge in [0.2, 0.25) is 0 Å². The molecule has 0 radical (unpaired) electrons. The fraction of sp³-hybridized carbons (Fsp3) is 0.444. The van der Waals surface area contributed by atoms with E-state index in [1.807, 2.05) is 20.8 Å². The largest absolute Gasteiger partial charge is 0.361 e. The lowest BCUT2D eigenvalue weighted by Crippen LogP contribution is -2.13. The van der Waals surface area contributed by atoms with E-state index < -0.39 is 0 Å². The van der Waals surface area contributed by atoms with Gasteiger partial charge >= 0.3 is 0 Å². The second-order valence-corrected chi connectivity index (χ2v) is 3.06. The first-order valence-electron chi connectivity index (χ1n) is 3.47. The molecule has 0 saturated carbocycles. The zero-order chi connectivity index (χ0) is 8.48. The first-order valence-corrected chi connectivity index (χ1v) is 3.47. The van der Waals surface area contributed by atoms with Crippen molar-refractivity contribution >= 4 is 0 Å². The van der Waals surface area contributed by atoms with Crippen LogP contribution >= 0.6 is 0 Å². The van der Waals surface area contributed by atoms with Gasteiger partial charge in [-0.15, -0.1) is 6.42 Å². The molecule has 1 heterocycles. The Balaban J connectivity index is 3.13. The summed E-state index contributed by atoms with van der Waals surface area (Å²) in [6, 6.07) is 0. The van der Waals surface area contributed by atoms with Crippen LogP contribution in [-0.2, 0) is 5.41 Å². The van der Waals surface area contributed by atoms with Crippen LogP contribution < -0.4 is 0 Å². The van der Waals surface area contributed by atoms with Crippen molar-refractivity contribution in [1.29, 1.82) is 0 Å². The van der Waals surface area contributed by atoms with Crippen LogP contribution in [0.5, 0.6) is 0 Å². The highest BCUT2D eigenvalue weighted by Crippen LogP contribution is 2.24. The van der Waals surface area contributed by atoms with Crippen LogP contribution in [0.2, 0.25) is 0 Å². The second-order valence-electron chi connectivity index (χ2n) is 3.06. The summed E-state index contributed by atoms with van der Waals surface area (Å²) in [5.74, 6) is 3.48. The zero-order valence-electron chi connectivity index (χ0n) is 7.01. The summed E-state index contributed by atoms with van der Waals surface area (Å²) in [7, 11) is 0. The third-order valence-corrected chi connectivity index (χ3v) is 1.78. The van der Waals surface area contributed by atoms with Gasteiger partial charge in [-0.25, -0.2) is 0 Å². The molecule has 0 saturated heterocycles. The Morgan fingerprint density at radius 3 is 2.64 bits per heavy atom. The predicted octanol–water partition coefficient (Wildman–Crippen LogP) is 1.89. The second kappa shape index (κ2) is 2.43. The molecule has 0 fully saturated rings. The number of hydrogen-bond acceptors (Lipinski definition) is 2. The van der Waals surface area contributed by atoms with Crippen molar-refractivity contribution in [2.45, 2.75) is 26.2 Å². The first kappa shape index (κ1) is 7.87. The molecule has 0 atom stereocenters. The highest BCUT2D eigenvalue weighted by Gasteiger charge is 2.21. The molecule has 0 aliphatic heterocycles. The summed E-state index contributed by atoms with van der Waals surface area (Å²) < 4.78 is 4.91. The van der Waals surface area contributed by atoms with Gasteiger partial charge in [0, 0.05) is 5.56 Å². The molecule has 1 aromatic rings. The monoisotopic (exact) mass is 149 g/mol. The van der Waals surface area contributed by atoms with Gasteiger partial charge in [0.25, 0.3) is 0 Å². The Bertz CT molecular complexity index is 291. The number of rotatable bonds is 1. The fourth-order valence-electron chi connectivity index (χ4n) is 0.977. The third kappa shape index (κ3) is 1.27. The average Bonchev–Trinajstić information content (AvgIpc) is 2.36. The van der Waals surface area contributed by atoms with Crippen molar-refractivity contribution in [3.63, 3.8) is 0 Å². The Kier molecular flexibility index (Phi) is 1.74. The van der Waals surface area contributed by atoms with Crippen molar-refractivity contribution in [2.24, 2.45) is 0 Å². The van der Waals surface area contributed by atoms with E-state index in [2.05, 4.69) is 11.1 Å². The van der Waals surface area contributed by atoms with Gasteiger partial charge in [-0.2, -0.15) is 0 Å². The lowest BCUT2D eigenvalue weighted by atomic mass is 9.86. The maximum atomic E-state index is 5.35. The van der Waals surface area contributed by atoms with Gasteiger partial charge < -0.3 is 4.52 Å². The van der Waals surface area contributed by atoms with E-state index in [0.29, 0.717) is 0 Å². The topological polar surface area (TPSA) is 26.0 Å². The molecule has 0 aliphatic rings. The van der Waals surface area contributed by atoms with E-state index in [1.165, 1.54) is 0 Å². The fourth-order valence-corrected chi connectivity index (χ4v) is 0.977. The normalized spacial score (nSPS) is 11.1. The summed E-state index contributed by atoms with van der Waals surface area (Å²) in [6.07, 6.45) is 7.02. The lowest BCUT2D eigenvalue weighted by Gasteiger charge is -2.14. The van der Waals surface area contributed by atoms with Gasteiger partial charge in [0.1, 0.15) is 5.76 Å². The Hall–Kier alpha value is -1.23. The minimum absolute atomic E-state index is 0.274. The molecule has 2 heteroatoms. The molecular weight excluding hydrogens is 138 g/mol. The number of nitrogens with zero attached hydrogens (tertiary/aromatic N) is 1. The van der Waals surface area contributed by atoms with Crippen LogP contribution in [0.4, 0.5) is 0 Å². The third-order valence-electron chi connectivity index (χ3n) is 1.78. The predicted molar refractivity (Wildman–Crippen MR) is 43.1 cm³/mol. The maximum Gasteiger partial charge on any atom is 0.138 e. The van der Waals surface area contributed by atoms with Gasteiger partial charge in [-0.05, 0) is 20.8 Å². The van der Waals surface area contributed by atoms with Crippen LogP contribution in [0.3, 0.4) is 0 Å². The van der Waals surface area contributed by atoms with E-state index in [0.717, 1.165) is 11.3 Å². The number of aryl methyl sites for hydroxylation is 1. The maximum absolute atomic E-state index is 5.35. The lowest BCUT2D eigenvalue weighted by molar-refractivity contribution is 0.394. The summed E-state index contributed by atoms with van der Waals surface area (Å²) in [5.41, 5.74) is 0.712. The summed E-state index contributed by atoms with van der Waals surface area (Å²) in [4.78, 5) is 0. The van der Waals surface area contributed by atoms with Crippen molar-refractivity contribution in [2.75, 3.05) is 0 Å². The SMILES string of the molecule is C#CC(C)(C)c1cnoc1C. The van der Waals surface area contributed by atoms with Crippen LogP contribution in [0.25, 0.3) is 0 Å². The molecule has 11 heavy (non-hydrogen) atoms. The molecule has 1 rings (SSSR count). The van der Waals surface area contributed by atoms with Gasteiger partial charge in [-0.1, -0.05) is 11.1 Å². The van der Waals surface area contributed by atoms with Crippen molar-refractivity contribution in [3.8, 4) is 12.3 Å². The summed E-state index contributed by atoms with van der Waals surface area (Å²) in [5, 5.41) is 3.67. The van der Waals surface area contributed by atoms with E-state index >= 15 is 0 Å². The van der Waals surface area contributed by atoms with Crippen LogP contribution in [0, 0.1) is 19.3 Å². The van der Waals surface area contributed by atoms with E-state index in [4.69, 9.17) is 10.9 Å². The van der Waals surface area contributed by atoms with E-state index in [1.54, 1.807) is 6.20 Å². The summed E-state index contributed by atoms with van der Waals surface area (Å²) >= 11 is 0. The standard InChI is InChI=1S/C9H11NO/c1-5-9(3,4)8-6-10-11-7(8)2/h1,6H,2-4H3. The number of terminal acetylenes is 1.